The Hall–Kier alpha value is -4.85. The molecule has 4 aromatic rings. The summed E-state index contributed by atoms with van der Waals surface area (Å²) < 4.78 is 25.9. The second-order valence-electron chi connectivity index (χ2n) is 9.48. The second-order valence-corrected chi connectivity index (χ2v) is 9.48. The number of rotatable bonds is 8. The summed E-state index contributed by atoms with van der Waals surface area (Å²) in [5.74, 6) is 2.77. The van der Waals surface area contributed by atoms with Crippen molar-refractivity contribution in [1.82, 2.24) is 0 Å². The van der Waals surface area contributed by atoms with E-state index >= 15 is 0 Å². The number of azo groups is 1. The van der Waals surface area contributed by atoms with Gasteiger partial charge in [0, 0.05) is 19.1 Å². The summed E-state index contributed by atoms with van der Waals surface area (Å²) in [5.41, 5.74) is 5.05. The van der Waals surface area contributed by atoms with Crippen molar-refractivity contribution in [2.45, 2.75) is 13.8 Å². The fourth-order valence-corrected chi connectivity index (χ4v) is 5.32. The van der Waals surface area contributed by atoms with Crippen molar-refractivity contribution >= 4 is 34.5 Å². The predicted octanol–water partition coefficient (Wildman–Crippen LogP) is 6.12. The average Bonchev–Trinajstić information content (AvgIpc) is 3.01. The molecule has 0 fully saturated rings. The molecule has 1 aliphatic rings. The van der Waals surface area contributed by atoms with Crippen LogP contribution in [0.15, 0.2) is 125 Å². The van der Waals surface area contributed by atoms with Gasteiger partial charge in [0.1, 0.15) is 11.5 Å². The monoisotopic (exact) mass is 533 g/mol. The van der Waals surface area contributed by atoms with Crippen LogP contribution >= 0.6 is 0 Å². The van der Waals surface area contributed by atoms with Gasteiger partial charge in [0.25, 0.3) is 0 Å². The van der Waals surface area contributed by atoms with Crippen LogP contribution < -0.4 is 25.1 Å². The molecular weight excluding hydrogens is 501 g/mol. The maximum atomic E-state index is 7.06. The van der Waals surface area contributed by atoms with Gasteiger partial charge in [0.2, 0.25) is 0 Å². The lowest BCUT2D eigenvalue weighted by molar-refractivity contribution is -0.316. The molecule has 0 saturated carbocycles. The Balaban J connectivity index is 1.79. The third-order valence-electron chi connectivity index (χ3n) is 7.24. The largest absolute Gasteiger partial charge is 0.653 e. The molecule has 5 rings (SSSR count). The molecule has 8 heteroatoms. The number of hydrogen-bond donors (Lipinski definition) is 0. The van der Waals surface area contributed by atoms with Gasteiger partial charge >= 0.3 is 6.48 Å². The van der Waals surface area contributed by atoms with Crippen LogP contribution in [0.1, 0.15) is 13.8 Å². The topological polar surface area (TPSA) is 64.7 Å². The lowest BCUT2D eigenvalue weighted by Crippen LogP contribution is -2.69. The number of nitrogens with zero attached hydrogens (tertiary/aromatic N) is 3. The van der Waals surface area contributed by atoms with Gasteiger partial charge in [-0.3, -0.25) is 0 Å². The van der Waals surface area contributed by atoms with Crippen LogP contribution in [0.4, 0.5) is 11.4 Å². The number of allylic oxidation sites excluding steroid dienone is 2. The van der Waals surface area contributed by atoms with Gasteiger partial charge in [-0.15, -0.1) is 5.11 Å². The lowest BCUT2D eigenvalue weighted by atomic mass is 9.40. The van der Waals surface area contributed by atoms with Crippen molar-refractivity contribution in [3.63, 3.8) is 0 Å². The molecule has 0 N–H and O–H groups in total. The highest BCUT2D eigenvalue weighted by atomic mass is 16.5. The standard InChI is InChI=1S/C32H32BN3O4/c1-23-32(35-34-27-16-18-28(37-3)19-17-27)24(2)40-33(25-12-8-6-9-13-25,26-14-10-7-11-15-26)36(23)30-21-20-29(38-4)22-31(30)39-5/h6-22H,1-5H3. The lowest BCUT2D eigenvalue weighted by Gasteiger charge is -2.43. The smallest absolute Gasteiger partial charge is 0.513 e. The molecule has 0 bridgehead atoms. The summed E-state index contributed by atoms with van der Waals surface area (Å²) in [5, 5.41) is 9.23. The quantitative estimate of drug-likeness (QED) is 0.202. The average molecular weight is 533 g/mol. The van der Waals surface area contributed by atoms with E-state index in [0.717, 1.165) is 28.1 Å². The summed E-state index contributed by atoms with van der Waals surface area (Å²) in [6, 6.07) is 33.8. The van der Waals surface area contributed by atoms with Gasteiger partial charge in [0.05, 0.1) is 32.8 Å². The number of benzene rings is 4. The Kier molecular flexibility index (Phi) is 7.69. The van der Waals surface area contributed by atoms with E-state index in [1.165, 1.54) is 0 Å². The first-order valence-corrected chi connectivity index (χ1v) is 13.1. The Labute approximate surface area is 235 Å². The normalized spacial score (nSPS) is 14.7. The van der Waals surface area contributed by atoms with Crippen LogP contribution in [0.5, 0.6) is 17.2 Å². The SMILES string of the molecule is COc1ccc(N=NC2=C(C)O[B-](c3ccccc3)(c3ccccc3)[N+](c3ccc(OC)cc3OC)=C2C)cc1. The van der Waals surface area contributed by atoms with Crippen LogP contribution in [0.25, 0.3) is 0 Å². The summed E-state index contributed by atoms with van der Waals surface area (Å²) in [7, 11) is 4.93. The van der Waals surface area contributed by atoms with E-state index < -0.39 is 6.48 Å². The van der Waals surface area contributed by atoms with E-state index in [1.807, 2.05) is 92.7 Å². The first-order valence-electron chi connectivity index (χ1n) is 13.1. The van der Waals surface area contributed by atoms with E-state index in [1.54, 1.807) is 21.3 Å². The van der Waals surface area contributed by atoms with Crippen LogP contribution in [0.2, 0.25) is 0 Å². The van der Waals surface area contributed by atoms with Crippen LogP contribution in [-0.2, 0) is 4.65 Å². The van der Waals surface area contributed by atoms with Gasteiger partial charge in [0.15, 0.2) is 22.8 Å². The van der Waals surface area contributed by atoms with Crippen molar-refractivity contribution in [2.75, 3.05) is 21.3 Å². The molecule has 1 heterocycles. The fourth-order valence-electron chi connectivity index (χ4n) is 5.32. The summed E-state index contributed by atoms with van der Waals surface area (Å²) >= 11 is 0. The zero-order valence-corrected chi connectivity index (χ0v) is 23.4. The first kappa shape index (κ1) is 26.7. The van der Waals surface area contributed by atoms with Crippen molar-refractivity contribution in [3.05, 3.63) is 115 Å². The minimum absolute atomic E-state index is 0.637. The molecule has 0 atom stereocenters. The first-order chi connectivity index (χ1) is 19.5. The number of ether oxygens (including phenoxy) is 3. The predicted molar refractivity (Wildman–Crippen MR) is 159 cm³/mol. The molecule has 0 saturated heterocycles. The molecular formula is C32H32BN3O4. The third kappa shape index (κ3) is 4.84. The third-order valence-corrected chi connectivity index (χ3v) is 7.24. The van der Waals surface area contributed by atoms with Crippen LogP contribution in [-0.4, -0.2) is 38.0 Å². The number of methoxy groups -OCH3 is 3. The van der Waals surface area contributed by atoms with E-state index in [2.05, 4.69) is 33.9 Å². The molecule has 7 nitrogen and oxygen atoms in total. The van der Waals surface area contributed by atoms with Crippen LogP contribution in [0.3, 0.4) is 0 Å². The Bertz CT molecular complexity index is 1540. The molecule has 202 valence electrons. The Morgan fingerprint density at radius 2 is 1.23 bits per heavy atom. The summed E-state index contributed by atoms with van der Waals surface area (Å²) in [4.78, 5) is 0. The van der Waals surface area contributed by atoms with E-state index in [9.17, 15) is 0 Å². The van der Waals surface area contributed by atoms with Gasteiger partial charge < -0.3 is 23.4 Å². The van der Waals surface area contributed by atoms with E-state index in [-0.39, 0.29) is 0 Å². The highest BCUT2D eigenvalue weighted by Crippen LogP contribution is 2.38. The maximum absolute atomic E-state index is 7.06. The van der Waals surface area contributed by atoms with Gasteiger partial charge in [-0.2, -0.15) is 5.11 Å². The van der Waals surface area contributed by atoms with E-state index in [0.29, 0.717) is 28.6 Å². The minimum Gasteiger partial charge on any atom is -0.653 e. The van der Waals surface area contributed by atoms with Crippen molar-refractivity contribution in [3.8, 4) is 17.2 Å². The molecule has 0 spiro atoms. The number of hydrogen-bond acceptors (Lipinski definition) is 6. The zero-order chi connectivity index (χ0) is 28.1. The molecule has 4 aromatic carbocycles. The molecule has 0 aromatic heterocycles. The highest BCUT2D eigenvalue weighted by molar-refractivity contribution is 6.92. The molecule has 0 aliphatic carbocycles. The molecule has 1 aliphatic heterocycles. The van der Waals surface area contributed by atoms with Crippen LogP contribution in [0, 0.1) is 0 Å². The summed E-state index contributed by atoms with van der Waals surface area (Å²) in [6.45, 7) is 1.98. The maximum Gasteiger partial charge on any atom is 0.513 e. The Morgan fingerprint density at radius 3 is 1.77 bits per heavy atom. The van der Waals surface area contributed by atoms with E-state index in [4.69, 9.17) is 24.0 Å². The summed E-state index contributed by atoms with van der Waals surface area (Å²) in [6.07, 6.45) is 0. The van der Waals surface area contributed by atoms with Gasteiger partial charge in [-0.1, -0.05) is 71.6 Å². The Morgan fingerprint density at radius 1 is 0.650 bits per heavy atom. The van der Waals surface area contributed by atoms with Gasteiger partial charge in [-0.05, 0) is 37.3 Å². The molecule has 40 heavy (non-hydrogen) atoms. The molecule has 0 amide bonds. The van der Waals surface area contributed by atoms with Gasteiger partial charge in [-0.25, -0.2) is 0 Å². The molecule has 0 radical (unpaired) electrons. The molecule has 0 unspecified atom stereocenters. The fraction of sp³-hybridized carbons (Fsp3) is 0.156. The van der Waals surface area contributed by atoms with Crippen molar-refractivity contribution in [2.24, 2.45) is 10.2 Å². The zero-order valence-electron chi connectivity index (χ0n) is 23.4. The minimum atomic E-state index is -2.01. The highest BCUT2D eigenvalue weighted by Gasteiger charge is 2.51. The van der Waals surface area contributed by atoms with Crippen molar-refractivity contribution < 1.29 is 23.4 Å². The van der Waals surface area contributed by atoms with Crippen molar-refractivity contribution in [1.29, 1.82) is 0 Å². The second kappa shape index (κ2) is 11.5.